The fraction of sp³-hybridized carbons (Fsp3) is 0.526. The van der Waals surface area contributed by atoms with Crippen molar-refractivity contribution in [2.24, 2.45) is 0 Å². The highest BCUT2D eigenvalue weighted by atomic mass is 16.5. The zero-order chi connectivity index (χ0) is 17.0. The van der Waals surface area contributed by atoms with Gasteiger partial charge in [0.05, 0.1) is 19.8 Å². The molecule has 5 nitrogen and oxygen atoms in total. The number of aromatic nitrogens is 2. The number of morpholine rings is 1. The Hall–Kier alpha value is -1.85. The van der Waals surface area contributed by atoms with Crippen LogP contribution < -0.4 is 4.74 Å². The minimum atomic E-state index is 0.0600. The second-order valence-electron chi connectivity index (χ2n) is 6.75. The summed E-state index contributed by atoms with van der Waals surface area (Å²) in [6.45, 7) is 11.8. The van der Waals surface area contributed by atoms with Crippen LogP contribution in [0.5, 0.6) is 5.75 Å². The Morgan fingerprint density at radius 1 is 1.17 bits per heavy atom. The fourth-order valence-corrected chi connectivity index (χ4v) is 3.25. The minimum Gasteiger partial charge on any atom is -0.494 e. The van der Waals surface area contributed by atoms with Crippen molar-refractivity contribution in [2.75, 3.05) is 32.9 Å². The zero-order valence-electron chi connectivity index (χ0n) is 14.9. The molecule has 0 amide bonds. The van der Waals surface area contributed by atoms with E-state index < -0.39 is 0 Å². The van der Waals surface area contributed by atoms with Crippen LogP contribution in [-0.2, 0) is 11.3 Å². The van der Waals surface area contributed by atoms with Gasteiger partial charge in [0.1, 0.15) is 11.6 Å². The van der Waals surface area contributed by atoms with Crippen molar-refractivity contribution < 1.29 is 9.47 Å². The third-order valence-corrected chi connectivity index (χ3v) is 4.56. The first-order valence-corrected chi connectivity index (χ1v) is 8.67. The van der Waals surface area contributed by atoms with Gasteiger partial charge in [0.2, 0.25) is 0 Å². The molecule has 0 spiro atoms. The molecule has 1 aliphatic heterocycles. The molecule has 0 unspecified atom stereocenters. The molecule has 0 aliphatic carbocycles. The van der Waals surface area contributed by atoms with E-state index in [1.807, 2.05) is 25.3 Å². The molecule has 0 bridgehead atoms. The van der Waals surface area contributed by atoms with Crippen LogP contribution in [0.2, 0.25) is 0 Å². The van der Waals surface area contributed by atoms with Crippen LogP contribution in [0.25, 0.3) is 11.4 Å². The highest BCUT2D eigenvalue weighted by Crippen LogP contribution is 2.25. The average molecular weight is 329 g/mol. The Bertz CT molecular complexity index is 643. The predicted molar refractivity (Wildman–Crippen MR) is 95.3 cm³/mol. The molecule has 130 valence electrons. The third-order valence-electron chi connectivity index (χ3n) is 4.56. The molecule has 0 radical (unpaired) electrons. The van der Waals surface area contributed by atoms with Crippen molar-refractivity contribution in [3.05, 3.63) is 36.7 Å². The Kier molecular flexibility index (Phi) is 5.21. The van der Waals surface area contributed by atoms with Gasteiger partial charge in [0, 0.05) is 43.1 Å². The van der Waals surface area contributed by atoms with Crippen molar-refractivity contribution in [2.45, 2.75) is 32.9 Å². The molecule has 24 heavy (non-hydrogen) atoms. The van der Waals surface area contributed by atoms with Crippen LogP contribution >= 0.6 is 0 Å². The molecule has 0 atom stereocenters. The van der Waals surface area contributed by atoms with Crippen LogP contribution in [-0.4, -0.2) is 52.9 Å². The maximum Gasteiger partial charge on any atom is 0.139 e. The van der Waals surface area contributed by atoms with Crippen molar-refractivity contribution >= 4 is 0 Å². The van der Waals surface area contributed by atoms with Crippen LogP contribution in [0, 0.1) is 0 Å². The summed E-state index contributed by atoms with van der Waals surface area (Å²) in [5.74, 6) is 1.90. The molecule has 2 aromatic rings. The van der Waals surface area contributed by atoms with E-state index in [2.05, 4.69) is 46.6 Å². The molecular formula is C19H27N3O2. The lowest BCUT2D eigenvalue weighted by molar-refractivity contribution is -0.0155. The Morgan fingerprint density at radius 2 is 1.88 bits per heavy atom. The SMILES string of the molecule is CCOc1ccc(-c2nccn2CC(C)(C)N2CCOCC2)cc1. The van der Waals surface area contributed by atoms with Gasteiger partial charge in [-0.25, -0.2) is 4.98 Å². The monoisotopic (exact) mass is 329 g/mol. The zero-order valence-corrected chi connectivity index (χ0v) is 14.9. The largest absolute Gasteiger partial charge is 0.494 e. The van der Waals surface area contributed by atoms with E-state index in [9.17, 15) is 0 Å². The Labute approximate surface area is 144 Å². The maximum atomic E-state index is 5.52. The van der Waals surface area contributed by atoms with Crippen LogP contribution in [0.15, 0.2) is 36.7 Å². The van der Waals surface area contributed by atoms with Crippen molar-refractivity contribution in [1.29, 1.82) is 0 Å². The van der Waals surface area contributed by atoms with Gasteiger partial charge in [-0.05, 0) is 45.0 Å². The summed E-state index contributed by atoms with van der Waals surface area (Å²) in [6.07, 6.45) is 3.94. The Balaban J connectivity index is 1.77. The van der Waals surface area contributed by atoms with Gasteiger partial charge in [-0.2, -0.15) is 0 Å². The van der Waals surface area contributed by atoms with E-state index in [1.165, 1.54) is 0 Å². The lowest BCUT2D eigenvalue weighted by Gasteiger charge is -2.41. The van der Waals surface area contributed by atoms with E-state index >= 15 is 0 Å². The summed E-state index contributed by atoms with van der Waals surface area (Å²) >= 11 is 0. The van der Waals surface area contributed by atoms with E-state index in [1.54, 1.807) is 0 Å². The van der Waals surface area contributed by atoms with Gasteiger partial charge in [-0.15, -0.1) is 0 Å². The summed E-state index contributed by atoms with van der Waals surface area (Å²) in [6, 6.07) is 8.16. The lowest BCUT2D eigenvalue weighted by atomic mass is 10.0. The van der Waals surface area contributed by atoms with E-state index in [0.717, 1.165) is 50.0 Å². The van der Waals surface area contributed by atoms with Crippen LogP contribution in [0.1, 0.15) is 20.8 Å². The van der Waals surface area contributed by atoms with Crippen molar-refractivity contribution in [1.82, 2.24) is 14.5 Å². The smallest absolute Gasteiger partial charge is 0.139 e. The molecule has 2 heterocycles. The molecule has 1 aromatic carbocycles. The van der Waals surface area contributed by atoms with E-state index in [4.69, 9.17) is 9.47 Å². The quantitative estimate of drug-likeness (QED) is 0.816. The number of ether oxygens (including phenoxy) is 2. The standard InChI is InChI=1S/C19H27N3O2/c1-4-24-17-7-5-16(6-8-17)18-20-9-10-21(18)15-19(2,3)22-11-13-23-14-12-22/h5-10H,4,11-15H2,1-3H3. The molecule has 5 heteroatoms. The average Bonchev–Trinajstić information content (AvgIpc) is 3.04. The first-order valence-electron chi connectivity index (χ1n) is 8.67. The summed E-state index contributed by atoms with van der Waals surface area (Å²) < 4.78 is 13.2. The highest BCUT2D eigenvalue weighted by molar-refractivity contribution is 5.56. The van der Waals surface area contributed by atoms with Gasteiger partial charge in [0.25, 0.3) is 0 Å². The predicted octanol–water partition coefficient (Wildman–Crippen LogP) is 3.06. The van der Waals surface area contributed by atoms with Gasteiger partial charge in [0.15, 0.2) is 0 Å². The van der Waals surface area contributed by atoms with Crippen molar-refractivity contribution in [3.8, 4) is 17.1 Å². The molecule has 0 N–H and O–H groups in total. The first-order chi connectivity index (χ1) is 11.6. The molecule has 3 rings (SSSR count). The normalized spacial score (nSPS) is 16.3. The van der Waals surface area contributed by atoms with Crippen LogP contribution in [0.4, 0.5) is 0 Å². The third kappa shape index (κ3) is 3.79. The second-order valence-corrected chi connectivity index (χ2v) is 6.75. The molecule has 0 saturated carbocycles. The number of benzene rings is 1. The minimum absolute atomic E-state index is 0.0600. The molecule has 1 aliphatic rings. The summed E-state index contributed by atoms with van der Waals surface area (Å²) in [7, 11) is 0. The fourth-order valence-electron chi connectivity index (χ4n) is 3.25. The summed E-state index contributed by atoms with van der Waals surface area (Å²) in [5, 5.41) is 0. The number of nitrogens with zero attached hydrogens (tertiary/aromatic N) is 3. The highest BCUT2D eigenvalue weighted by Gasteiger charge is 2.29. The molecule has 1 aromatic heterocycles. The molecular weight excluding hydrogens is 302 g/mol. The maximum absolute atomic E-state index is 5.52. The second kappa shape index (κ2) is 7.36. The topological polar surface area (TPSA) is 39.5 Å². The number of hydrogen-bond donors (Lipinski definition) is 0. The Morgan fingerprint density at radius 3 is 2.54 bits per heavy atom. The van der Waals surface area contributed by atoms with E-state index in [-0.39, 0.29) is 5.54 Å². The van der Waals surface area contributed by atoms with Gasteiger partial charge >= 0.3 is 0 Å². The first kappa shape index (κ1) is 17.0. The summed E-state index contributed by atoms with van der Waals surface area (Å²) in [4.78, 5) is 7.07. The molecule has 1 fully saturated rings. The van der Waals surface area contributed by atoms with Gasteiger partial charge in [-0.3, -0.25) is 4.90 Å². The number of hydrogen-bond acceptors (Lipinski definition) is 4. The van der Waals surface area contributed by atoms with Crippen LogP contribution in [0.3, 0.4) is 0 Å². The lowest BCUT2D eigenvalue weighted by Crippen LogP contribution is -2.52. The number of rotatable bonds is 6. The van der Waals surface area contributed by atoms with E-state index in [0.29, 0.717) is 6.61 Å². The summed E-state index contributed by atoms with van der Waals surface area (Å²) in [5.41, 5.74) is 1.17. The molecule has 1 saturated heterocycles. The van der Waals surface area contributed by atoms with Gasteiger partial charge < -0.3 is 14.0 Å². The number of imidazole rings is 1. The van der Waals surface area contributed by atoms with Crippen molar-refractivity contribution in [3.63, 3.8) is 0 Å². The van der Waals surface area contributed by atoms with Gasteiger partial charge in [-0.1, -0.05) is 0 Å².